The number of nitrogens with one attached hydrogen (secondary N) is 1. The van der Waals surface area contributed by atoms with Crippen molar-refractivity contribution in [1.29, 1.82) is 0 Å². The van der Waals surface area contributed by atoms with Crippen LogP contribution in [-0.2, 0) is 0 Å². The molecule has 0 aliphatic rings. The third-order valence-corrected chi connectivity index (χ3v) is 4.63. The minimum absolute atomic E-state index is 0.295. The highest BCUT2D eigenvalue weighted by molar-refractivity contribution is 6.30. The van der Waals surface area contributed by atoms with Gasteiger partial charge in [0.25, 0.3) is 5.91 Å². The Bertz CT molecular complexity index is 1010. The van der Waals surface area contributed by atoms with E-state index in [1.807, 2.05) is 6.92 Å². The van der Waals surface area contributed by atoms with Gasteiger partial charge >= 0.3 is 0 Å². The predicted molar refractivity (Wildman–Crippen MR) is 111 cm³/mol. The zero-order valence-corrected chi connectivity index (χ0v) is 16.6. The maximum atomic E-state index is 12.2. The highest BCUT2D eigenvalue weighted by Gasteiger charge is 2.10. The molecular weight excluding hydrogens is 358 g/mol. The molecule has 3 rings (SSSR count). The van der Waals surface area contributed by atoms with Crippen LogP contribution < -0.4 is 5.43 Å². The van der Waals surface area contributed by atoms with Crippen LogP contribution in [0.15, 0.2) is 53.6 Å². The summed E-state index contributed by atoms with van der Waals surface area (Å²) in [5, 5.41) is 4.63. The first-order valence-corrected chi connectivity index (χ1v) is 9.09. The monoisotopic (exact) mass is 379 g/mol. The lowest BCUT2D eigenvalue weighted by molar-refractivity contribution is 0.0955. The van der Waals surface area contributed by atoms with Gasteiger partial charge in [-0.15, -0.1) is 0 Å². The summed E-state index contributed by atoms with van der Waals surface area (Å²) in [5.74, 6) is -0.295. The Labute approximate surface area is 164 Å². The van der Waals surface area contributed by atoms with Crippen molar-refractivity contribution in [1.82, 2.24) is 9.99 Å². The van der Waals surface area contributed by atoms with Crippen LogP contribution in [0.4, 0.5) is 0 Å². The van der Waals surface area contributed by atoms with Crippen LogP contribution in [0.25, 0.3) is 5.69 Å². The number of nitrogens with zero attached hydrogens (tertiary/aromatic N) is 2. The standard InChI is InChI=1S/C22H22ClN3O/c1-14-8-15(2)10-21(9-14)26-16(3)11-19(17(26)4)13-24-25-22(27)18-6-5-7-20(23)12-18/h5-13H,1-4H3,(H,25,27)/b24-13+. The first-order chi connectivity index (χ1) is 12.8. The lowest BCUT2D eigenvalue weighted by atomic mass is 10.1. The van der Waals surface area contributed by atoms with Crippen LogP contribution in [0.5, 0.6) is 0 Å². The van der Waals surface area contributed by atoms with Gasteiger partial charge in [0.15, 0.2) is 0 Å². The van der Waals surface area contributed by atoms with Crippen molar-refractivity contribution in [2.75, 3.05) is 0 Å². The molecule has 4 nitrogen and oxygen atoms in total. The van der Waals surface area contributed by atoms with Gasteiger partial charge in [-0.05, 0) is 75.2 Å². The molecule has 0 aliphatic carbocycles. The number of carbonyl (C=O) groups excluding carboxylic acids is 1. The number of hydrogen-bond acceptors (Lipinski definition) is 2. The summed E-state index contributed by atoms with van der Waals surface area (Å²) < 4.78 is 2.19. The molecule has 1 N–H and O–H groups in total. The molecule has 0 radical (unpaired) electrons. The molecule has 27 heavy (non-hydrogen) atoms. The topological polar surface area (TPSA) is 46.4 Å². The number of halogens is 1. The van der Waals surface area contributed by atoms with Gasteiger partial charge in [-0.2, -0.15) is 5.10 Å². The molecule has 3 aromatic rings. The van der Waals surface area contributed by atoms with E-state index in [9.17, 15) is 4.79 Å². The molecule has 5 heteroatoms. The van der Waals surface area contributed by atoms with Crippen molar-refractivity contribution in [3.05, 3.63) is 87.2 Å². The van der Waals surface area contributed by atoms with Gasteiger partial charge in [-0.3, -0.25) is 4.79 Å². The average Bonchev–Trinajstić information content (AvgIpc) is 2.87. The van der Waals surface area contributed by atoms with Gasteiger partial charge in [0.05, 0.1) is 6.21 Å². The summed E-state index contributed by atoms with van der Waals surface area (Å²) in [6.07, 6.45) is 1.67. The van der Waals surface area contributed by atoms with Crippen molar-refractivity contribution >= 4 is 23.7 Å². The lowest BCUT2D eigenvalue weighted by Crippen LogP contribution is -2.17. The summed E-state index contributed by atoms with van der Waals surface area (Å²) >= 11 is 5.92. The second-order valence-electron chi connectivity index (χ2n) is 6.72. The van der Waals surface area contributed by atoms with Gasteiger partial charge in [0, 0.05) is 33.2 Å². The van der Waals surface area contributed by atoms with Crippen molar-refractivity contribution in [3.63, 3.8) is 0 Å². The van der Waals surface area contributed by atoms with Crippen molar-refractivity contribution in [2.24, 2.45) is 5.10 Å². The number of amides is 1. The molecule has 0 aliphatic heterocycles. The van der Waals surface area contributed by atoms with E-state index in [1.165, 1.54) is 11.1 Å². The normalized spacial score (nSPS) is 11.1. The summed E-state index contributed by atoms with van der Waals surface area (Å²) in [4.78, 5) is 12.2. The number of carbonyl (C=O) groups is 1. The Kier molecular flexibility index (Phi) is 5.47. The molecule has 0 saturated heterocycles. The second-order valence-corrected chi connectivity index (χ2v) is 7.15. The smallest absolute Gasteiger partial charge is 0.271 e. The van der Waals surface area contributed by atoms with E-state index >= 15 is 0 Å². The minimum Gasteiger partial charge on any atom is -0.318 e. The maximum Gasteiger partial charge on any atom is 0.271 e. The first kappa shape index (κ1) is 18.9. The predicted octanol–water partition coefficient (Wildman–Crippen LogP) is 5.13. The van der Waals surface area contributed by atoms with Crippen molar-refractivity contribution in [3.8, 4) is 5.69 Å². The van der Waals surface area contributed by atoms with E-state index in [0.717, 1.165) is 22.6 Å². The molecular formula is C22H22ClN3O. The van der Waals surface area contributed by atoms with Crippen LogP contribution in [0.1, 0.15) is 38.4 Å². The number of aromatic nitrogens is 1. The van der Waals surface area contributed by atoms with E-state index < -0.39 is 0 Å². The van der Waals surface area contributed by atoms with E-state index in [4.69, 9.17) is 11.6 Å². The quantitative estimate of drug-likeness (QED) is 0.495. The summed E-state index contributed by atoms with van der Waals surface area (Å²) in [5.41, 5.74) is 9.74. The molecule has 0 atom stereocenters. The lowest BCUT2D eigenvalue weighted by Gasteiger charge is -2.11. The minimum atomic E-state index is -0.295. The van der Waals surface area contributed by atoms with Gasteiger partial charge in [-0.25, -0.2) is 5.43 Å². The number of rotatable bonds is 4. The van der Waals surface area contributed by atoms with Gasteiger partial charge in [0.2, 0.25) is 0 Å². The summed E-state index contributed by atoms with van der Waals surface area (Å²) in [7, 11) is 0. The molecule has 1 aromatic heterocycles. The third-order valence-electron chi connectivity index (χ3n) is 4.39. The summed E-state index contributed by atoms with van der Waals surface area (Å²) in [6, 6.07) is 15.3. The Morgan fingerprint density at radius 3 is 2.41 bits per heavy atom. The fourth-order valence-electron chi connectivity index (χ4n) is 3.25. The van der Waals surface area contributed by atoms with Crippen LogP contribution in [-0.4, -0.2) is 16.7 Å². The maximum absolute atomic E-state index is 12.2. The third kappa shape index (κ3) is 4.29. The SMILES string of the molecule is Cc1cc(C)cc(-n2c(C)cc(/C=N/NC(=O)c3cccc(Cl)c3)c2C)c1. The summed E-state index contributed by atoms with van der Waals surface area (Å²) in [6.45, 7) is 8.30. The van der Waals surface area contributed by atoms with Gasteiger partial charge in [-0.1, -0.05) is 23.7 Å². The molecule has 1 heterocycles. The van der Waals surface area contributed by atoms with E-state index in [2.05, 4.69) is 60.1 Å². The van der Waals surface area contributed by atoms with E-state index in [0.29, 0.717) is 10.6 Å². The molecule has 1 amide bonds. The van der Waals surface area contributed by atoms with E-state index in [-0.39, 0.29) is 5.91 Å². The number of hydrogen-bond donors (Lipinski definition) is 1. The molecule has 0 bridgehead atoms. The van der Waals surface area contributed by atoms with Crippen molar-refractivity contribution in [2.45, 2.75) is 27.7 Å². The van der Waals surface area contributed by atoms with Crippen molar-refractivity contribution < 1.29 is 4.79 Å². The molecule has 2 aromatic carbocycles. The number of benzene rings is 2. The van der Waals surface area contributed by atoms with Gasteiger partial charge < -0.3 is 4.57 Å². The largest absolute Gasteiger partial charge is 0.318 e. The molecule has 0 fully saturated rings. The number of aryl methyl sites for hydroxylation is 3. The fraction of sp³-hybridized carbons (Fsp3) is 0.182. The molecule has 138 valence electrons. The fourth-order valence-corrected chi connectivity index (χ4v) is 3.44. The molecule has 0 unspecified atom stereocenters. The first-order valence-electron chi connectivity index (χ1n) is 8.72. The highest BCUT2D eigenvalue weighted by Crippen LogP contribution is 2.22. The number of hydrazone groups is 1. The molecule has 0 spiro atoms. The van der Waals surface area contributed by atoms with Crippen LogP contribution in [0, 0.1) is 27.7 Å². The van der Waals surface area contributed by atoms with Crippen LogP contribution in [0.2, 0.25) is 5.02 Å². The van der Waals surface area contributed by atoms with Gasteiger partial charge in [0.1, 0.15) is 0 Å². The Morgan fingerprint density at radius 1 is 1.04 bits per heavy atom. The van der Waals surface area contributed by atoms with Crippen LogP contribution >= 0.6 is 11.6 Å². The highest BCUT2D eigenvalue weighted by atomic mass is 35.5. The Hall–Kier alpha value is -2.85. The Balaban J connectivity index is 1.82. The average molecular weight is 380 g/mol. The molecule has 0 saturated carbocycles. The zero-order chi connectivity index (χ0) is 19.6. The van der Waals surface area contributed by atoms with Crippen LogP contribution in [0.3, 0.4) is 0 Å². The Morgan fingerprint density at radius 2 is 1.74 bits per heavy atom. The van der Waals surface area contributed by atoms with E-state index in [1.54, 1.807) is 30.5 Å². The second kappa shape index (κ2) is 7.80. The zero-order valence-electron chi connectivity index (χ0n) is 15.9.